The van der Waals surface area contributed by atoms with Crippen molar-refractivity contribution in [3.63, 3.8) is 0 Å². The lowest BCUT2D eigenvalue weighted by Gasteiger charge is -2.10. The standard InChI is InChI=1S/C20H23NO4/c1-3-4-5-6-7-15-8-9-16(14(2)10-15)13-25-19(23)12-17-11-18(22)21-20(17)24/h3,8-11H,1,4-7,12-13H2,2H3,(H,21,22,24). The first-order chi connectivity index (χ1) is 12.0. The smallest absolute Gasteiger partial charge is 0.310 e. The van der Waals surface area contributed by atoms with Crippen molar-refractivity contribution < 1.29 is 19.1 Å². The van der Waals surface area contributed by atoms with Gasteiger partial charge in [0, 0.05) is 11.6 Å². The molecule has 0 bridgehead atoms. The molecule has 1 aromatic carbocycles. The number of carbonyl (C=O) groups is 3. The van der Waals surface area contributed by atoms with Crippen molar-refractivity contribution in [2.45, 2.75) is 45.6 Å². The van der Waals surface area contributed by atoms with Gasteiger partial charge in [-0.3, -0.25) is 19.7 Å². The van der Waals surface area contributed by atoms with Gasteiger partial charge in [-0.2, -0.15) is 0 Å². The quantitative estimate of drug-likeness (QED) is 0.324. The molecule has 0 aliphatic carbocycles. The Bertz CT molecular complexity index is 718. The molecule has 0 saturated carbocycles. The molecular formula is C20H23NO4. The van der Waals surface area contributed by atoms with Crippen LogP contribution >= 0.6 is 0 Å². The fourth-order valence-corrected chi connectivity index (χ4v) is 2.64. The number of benzene rings is 1. The van der Waals surface area contributed by atoms with Gasteiger partial charge in [-0.05, 0) is 49.3 Å². The van der Waals surface area contributed by atoms with E-state index in [1.807, 2.05) is 19.1 Å². The highest BCUT2D eigenvalue weighted by Crippen LogP contribution is 2.16. The van der Waals surface area contributed by atoms with Crippen LogP contribution in [-0.4, -0.2) is 17.8 Å². The Hall–Kier alpha value is -2.69. The van der Waals surface area contributed by atoms with Crippen molar-refractivity contribution in [3.05, 3.63) is 59.2 Å². The van der Waals surface area contributed by atoms with Crippen molar-refractivity contribution in [1.29, 1.82) is 0 Å². The lowest BCUT2D eigenvalue weighted by molar-refractivity contribution is -0.144. The lowest BCUT2D eigenvalue weighted by atomic mass is 10.0. The van der Waals surface area contributed by atoms with Gasteiger partial charge in [0.05, 0.1) is 6.42 Å². The number of amides is 2. The number of rotatable bonds is 9. The minimum Gasteiger partial charge on any atom is -0.461 e. The zero-order valence-corrected chi connectivity index (χ0v) is 14.5. The van der Waals surface area contributed by atoms with E-state index in [2.05, 4.69) is 24.0 Å². The van der Waals surface area contributed by atoms with E-state index in [1.165, 1.54) is 5.56 Å². The largest absolute Gasteiger partial charge is 0.461 e. The highest BCUT2D eigenvalue weighted by atomic mass is 16.5. The summed E-state index contributed by atoms with van der Waals surface area (Å²) in [5.74, 6) is -1.55. The number of carbonyl (C=O) groups excluding carboxylic acids is 3. The third kappa shape index (κ3) is 5.71. The van der Waals surface area contributed by atoms with Crippen molar-refractivity contribution in [1.82, 2.24) is 5.32 Å². The number of aryl methyl sites for hydroxylation is 2. The van der Waals surface area contributed by atoms with Crippen LogP contribution in [-0.2, 0) is 32.1 Å². The molecule has 0 aromatic heterocycles. The molecule has 132 valence electrons. The molecule has 1 aliphatic rings. The highest BCUT2D eigenvalue weighted by molar-refractivity contribution is 6.17. The molecule has 2 rings (SSSR count). The van der Waals surface area contributed by atoms with Gasteiger partial charge in [-0.15, -0.1) is 6.58 Å². The molecule has 0 spiro atoms. The summed E-state index contributed by atoms with van der Waals surface area (Å²) in [6, 6.07) is 6.13. The van der Waals surface area contributed by atoms with Gasteiger partial charge in [-0.25, -0.2) is 0 Å². The molecule has 0 radical (unpaired) electrons. The predicted octanol–water partition coefficient (Wildman–Crippen LogP) is 2.91. The topological polar surface area (TPSA) is 72.5 Å². The van der Waals surface area contributed by atoms with Gasteiger partial charge in [0.15, 0.2) is 0 Å². The van der Waals surface area contributed by atoms with Crippen LogP contribution in [0.1, 0.15) is 42.4 Å². The Kier molecular flexibility index (Phi) is 6.69. The molecule has 0 unspecified atom stereocenters. The number of imide groups is 1. The Balaban J connectivity index is 1.83. The predicted molar refractivity (Wildman–Crippen MR) is 94.6 cm³/mol. The van der Waals surface area contributed by atoms with Crippen LogP contribution in [0.15, 0.2) is 42.5 Å². The van der Waals surface area contributed by atoms with Crippen molar-refractivity contribution in [2.24, 2.45) is 0 Å². The number of esters is 1. The minimum atomic E-state index is -0.529. The van der Waals surface area contributed by atoms with Crippen molar-refractivity contribution in [2.75, 3.05) is 0 Å². The summed E-state index contributed by atoms with van der Waals surface area (Å²) in [7, 11) is 0. The molecule has 5 nitrogen and oxygen atoms in total. The maximum Gasteiger partial charge on any atom is 0.310 e. The summed E-state index contributed by atoms with van der Waals surface area (Å²) in [5.41, 5.74) is 3.41. The summed E-state index contributed by atoms with van der Waals surface area (Å²) < 4.78 is 5.23. The van der Waals surface area contributed by atoms with Crippen LogP contribution in [0, 0.1) is 6.92 Å². The lowest BCUT2D eigenvalue weighted by Crippen LogP contribution is -2.23. The third-order valence-electron chi connectivity index (χ3n) is 4.09. The first kappa shape index (κ1) is 18.6. The van der Waals surface area contributed by atoms with Crippen molar-refractivity contribution in [3.8, 4) is 0 Å². The third-order valence-corrected chi connectivity index (χ3v) is 4.09. The number of hydrogen-bond acceptors (Lipinski definition) is 4. The Morgan fingerprint density at radius 2 is 2.08 bits per heavy atom. The molecular weight excluding hydrogens is 318 g/mol. The second kappa shape index (κ2) is 8.97. The summed E-state index contributed by atoms with van der Waals surface area (Å²) in [5, 5.41) is 2.10. The van der Waals surface area contributed by atoms with Gasteiger partial charge in [0.2, 0.25) is 0 Å². The van der Waals surface area contributed by atoms with E-state index in [-0.39, 0.29) is 18.6 Å². The zero-order chi connectivity index (χ0) is 18.2. The molecule has 1 aromatic rings. The van der Waals surface area contributed by atoms with E-state index < -0.39 is 17.8 Å². The van der Waals surface area contributed by atoms with Crippen LogP contribution in [0.3, 0.4) is 0 Å². The SMILES string of the molecule is C=CCCCCc1ccc(COC(=O)CC2=CC(=O)NC2=O)c(C)c1. The fraction of sp³-hybridized carbons (Fsp3) is 0.350. The first-order valence-corrected chi connectivity index (χ1v) is 8.40. The number of unbranched alkanes of at least 4 members (excludes halogenated alkanes) is 2. The van der Waals surface area contributed by atoms with Crippen LogP contribution in [0.4, 0.5) is 0 Å². The summed E-state index contributed by atoms with van der Waals surface area (Å²) in [6.45, 7) is 5.87. The van der Waals surface area contributed by atoms with E-state index >= 15 is 0 Å². The number of allylic oxidation sites excluding steroid dienone is 1. The van der Waals surface area contributed by atoms with Crippen LogP contribution in [0.2, 0.25) is 0 Å². The normalized spacial score (nSPS) is 13.4. The van der Waals surface area contributed by atoms with Gasteiger partial charge >= 0.3 is 5.97 Å². The Labute approximate surface area is 147 Å². The van der Waals surface area contributed by atoms with E-state index in [0.29, 0.717) is 0 Å². The summed E-state index contributed by atoms with van der Waals surface area (Å²) >= 11 is 0. The van der Waals surface area contributed by atoms with Gasteiger partial charge in [0.25, 0.3) is 11.8 Å². The van der Waals surface area contributed by atoms with Crippen LogP contribution in [0.25, 0.3) is 0 Å². The Morgan fingerprint density at radius 3 is 2.72 bits per heavy atom. The van der Waals surface area contributed by atoms with E-state index in [4.69, 9.17) is 4.74 Å². The molecule has 5 heteroatoms. The van der Waals surface area contributed by atoms with Crippen LogP contribution < -0.4 is 5.32 Å². The van der Waals surface area contributed by atoms with Crippen molar-refractivity contribution >= 4 is 17.8 Å². The molecule has 25 heavy (non-hydrogen) atoms. The zero-order valence-electron chi connectivity index (χ0n) is 14.5. The number of nitrogens with one attached hydrogen (secondary N) is 1. The number of hydrogen-bond donors (Lipinski definition) is 1. The second-order valence-corrected chi connectivity index (χ2v) is 6.12. The van der Waals surface area contributed by atoms with Gasteiger partial charge in [0.1, 0.15) is 6.61 Å². The molecule has 1 aliphatic heterocycles. The van der Waals surface area contributed by atoms with Gasteiger partial charge < -0.3 is 4.74 Å². The second-order valence-electron chi connectivity index (χ2n) is 6.12. The maximum atomic E-state index is 11.8. The fourth-order valence-electron chi connectivity index (χ4n) is 2.64. The monoisotopic (exact) mass is 341 g/mol. The number of ether oxygens (including phenoxy) is 1. The summed E-state index contributed by atoms with van der Waals surface area (Å²) in [4.78, 5) is 34.3. The first-order valence-electron chi connectivity index (χ1n) is 8.40. The maximum absolute atomic E-state index is 11.8. The van der Waals surface area contributed by atoms with Gasteiger partial charge in [-0.1, -0.05) is 24.3 Å². The highest BCUT2D eigenvalue weighted by Gasteiger charge is 2.23. The van der Waals surface area contributed by atoms with Crippen LogP contribution in [0.5, 0.6) is 0 Å². The van der Waals surface area contributed by atoms with E-state index in [0.717, 1.165) is 42.9 Å². The molecule has 2 amide bonds. The Morgan fingerprint density at radius 1 is 1.28 bits per heavy atom. The summed E-state index contributed by atoms with van der Waals surface area (Å²) in [6.07, 6.45) is 7.18. The average molecular weight is 341 g/mol. The molecule has 0 saturated heterocycles. The van der Waals surface area contributed by atoms with E-state index in [1.54, 1.807) is 0 Å². The molecule has 1 heterocycles. The van der Waals surface area contributed by atoms with E-state index in [9.17, 15) is 14.4 Å². The average Bonchev–Trinajstić information content (AvgIpc) is 2.88. The molecule has 0 atom stereocenters. The minimum absolute atomic E-state index is 0.140. The molecule has 0 fully saturated rings. The molecule has 1 N–H and O–H groups in total.